The van der Waals surface area contributed by atoms with E-state index < -0.39 is 11.8 Å². The molecule has 2 amide bonds. The van der Waals surface area contributed by atoms with Crippen molar-refractivity contribution in [2.24, 2.45) is 0 Å². The van der Waals surface area contributed by atoms with Gasteiger partial charge in [0, 0.05) is 6.07 Å². The number of rotatable bonds is 3. The van der Waals surface area contributed by atoms with Crippen molar-refractivity contribution in [2.75, 3.05) is 4.90 Å². The summed E-state index contributed by atoms with van der Waals surface area (Å²) in [6.07, 6.45) is 0. The lowest BCUT2D eigenvalue weighted by Crippen LogP contribution is -2.36. The number of aryl methyl sites for hydroxylation is 1. The molecule has 0 atom stereocenters. The van der Waals surface area contributed by atoms with Crippen LogP contribution in [-0.4, -0.2) is 17.0 Å². The van der Waals surface area contributed by atoms with E-state index in [1.54, 1.807) is 48.0 Å². The molecule has 7 heteroatoms. The first-order chi connectivity index (χ1) is 10.2. The van der Waals surface area contributed by atoms with E-state index in [0.29, 0.717) is 15.5 Å². The van der Waals surface area contributed by atoms with Gasteiger partial charge in [-0.2, -0.15) is 0 Å². The zero-order valence-corrected chi connectivity index (χ0v) is 12.6. The number of thiophene rings is 2. The van der Waals surface area contributed by atoms with E-state index in [0.717, 1.165) is 4.90 Å². The molecule has 0 saturated heterocycles. The van der Waals surface area contributed by atoms with Crippen molar-refractivity contribution >= 4 is 40.3 Å². The fourth-order valence-corrected chi connectivity index (χ4v) is 3.09. The Kier molecular flexibility index (Phi) is 3.68. The molecule has 0 aliphatic heterocycles. The Morgan fingerprint density at radius 1 is 1.10 bits per heavy atom. The molecule has 0 N–H and O–H groups in total. The molecular weight excluding hydrogens is 308 g/mol. The number of carbonyl (C=O) groups excluding carboxylic acids is 2. The quantitative estimate of drug-likeness (QED) is 0.692. The predicted octanol–water partition coefficient (Wildman–Crippen LogP) is 3.59. The van der Waals surface area contributed by atoms with Gasteiger partial charge in [-0.1, -0.05) is 17.3 Å². The minimum atomic E-state index is -0.406. The SMILES string of the molecule is Cc1cc(N(C(=O)c2cccs2)C(=O)c2cccs2)no1. The van der Waals surface area contributed by atoms with Crippen LogP contribution < -0.4 is 4.90 Å². The summed E-state index contributed by atoms with van der Waals surface area (Å²) in [4.78, 5) is 27.2. The topological polar surface area (TPSA) is 63.4 Å². The van der Waals surface area contributed by atoms with Crippen LogP contribution in [0.15, 0.2) is 45.6 Å². The fourth-order valence-electron chi connectivity index (χ4n) is 1.78. The third-order valence-electron chi connectivity index (χ3n) is 2.71. The van der Waals surface area contributed by atoms with Crippen molar-refractivity contribution in [1.29, 1.82) is 0 Å². The summed E-state index contributed by atoms with van der Waals surface area (Å²) in [7, 11) is 0. The van der Waals surface area contributed by atoms with Gasteiger partial charge in [0.1, 0.15) is 5.76 Å². The first kappa shape index (κ1) is 13.7. The van der Waals surface area contributed by atoms with Gasteiger partial charge in [0.05, 0.1) is 9.75 Å². The summed E-state index contributed by atoms with van der Waals surface area (Å²) in [5, 5.41) is 7.37. The number of imide groups is 1. The van der Waals surface area contributed by atoms with E-state index in [4.69, 9.17) is 4.52 Å². The number of hydrogen-bond acceptors (Lipinski definition) is 6. The van der Waals surface area contributed by atoms with Gasteiger partial charge >= 0.3 is 0 Å². The molecule has 0 fully saturated rings. The second-order valence-electron chi connectivity index (χ2n) is 4.20. The van der Waals surface area contributed by atoms with E-state index in [9.17, 15) is 9.59 Å². The largest absolute Gasteiger partial charge is 0.360 e. The second-order valence-corrected chi connectivity index (χ2v) is 6.09. The Morgan fingerprint density at radius 2 is 1.67 bits per heavy atom. The smallest absolute Gasteiger partial charge is 0.276 e. The van der Waals surface area contributed by atoms with Gasteiger partial charge in [-0.25, -0.2) is 4.90 Å². The first-order valence-corrected chi connectivity index (χ1v) is 7.82. The molecule has 3 aromatic rings. The highest BCUT2D eigenvalue weighted by atomic mass is 32.1. The van der Waals surface area contributed by atoms with Gasteiger partial charge in [-0.3, -0.25) is 9.59 Å². The number of carbonyl (C=O) groups is 2. The van der Waals surface area contributed by atoms with Crippen LogP contribution in [0.2, 0.25) is 0 Å². The average Bonchev–Trinajstić information content (AvgIpc) is 3.21. The molecule has 0 bridgehead atoms. The minimum Gasteiger partial charge on any atom is -0.360 e. The van der Waals surface area contributed by atoms with Crippen molar-refractivity contribution < 1.29 is 14.1 Å². The highest BCUT2D eigenvalue weighted by molar-refractivity contribution is 7.13. The molecule has 5 nitrogen and oxygen atoms in total. The molecule has 0 aliphatic rings. The summed E-state index contributed by atoms with van der Waals surface area (Å²) < 4.78 is 4.99. The maximum atomic E-state index is 12.6. The van der Waals surface area contributed by atoms with Crippen molar-refractivity contribution in [3.05, 3.63) is 56.6 Å². The number of hydrogen-bond donors (Lipinski definition) is 0. The van der Waals surface area contributed by atoms with Crippen LogP contribution in [0.5, 0.6) is 0 Å². The molecule has 3 rings (SSSR count). The average molecular weight is 318 g/mol. The van der Waals surface area contributed by atoms with Gasteiger partial charge in [0.15, 0.2) is 5.82 Å². The zero-order valence-electron chi connectivity index (χ0n) is 11.0. The molecule has 0 radical (unpaired) electrons. The van der Waals surface area contributed by atoms with Crippen LogP contribution in [-0.2, 0) is 0 Å². The molecule has 0 saturated carbocycles. The monoisotopic (exact) mass is 318 g/mol. The maximum Gasteiger partial charge on any atom is 0.276 e. The highest BCUT2D eigenvalue weighted by Gasteiger charge is 2.29. The van der Waals surface area contributed by atoms with Crippen molar-refractivity contribution in [2.45, 2.75) is 6.92 Å². The molecule has 0 aromatic carbocycles. The van der Waals surface area contributed by atoms with Crippen LogP contribution in [0, 0.1) is 6.92 Å². The number of nitrogens with zero attached hydrogens (tertiary/aromatic N) is 2. The molecule has 21 heavy (non-hydrogen) atoms. The highest BCUT2D eigenvalue weighted by Crippen LogP contribution is 2.23. The minimum absolute atomic E-state index is 0.198. The van der Waals surface area contributed by atoms with Gasteiger partial charge in [0.2, 0.25) is 0 Å². The van der Waals surface area contributed by atoms with E-state index in [1.807, 2.05) is 0 Å². The van der Waals surface area contributed by atoms with Gasteiger partial charge in [-0.15, -0.1) is 22.7 Å². The summed E-state index contributed by atoms with van der Waals surface area (Å²) in [5.74, 6) is -0.0781. The molecule has 106 valence electrons. The lowest BCUT2D eigenvalue weighted by Gasteiger charge is -2.15. The van der Waals surface area contributed by atoms with E-state index in [-0.39, 0.29) is 5.82 Å². The van der Waals surface area contributed by atoms with Crippen LogP contribution in [0.3, 0.4) is 0 Å². The number of anilines is 1. The lowest BCUT2D eigenvalue weighted by molar-refractivity contribution is 0.0899. The molecule has 0 aliphatic carbocycles. The Bertz CT molecular complexity index is 714. The molecule has 3 heterocycles. The molecule has 0 spiro atoms. The number of amides is 2. The number of aromatic nitrogens is 1. The third-order valence-corrected chi connectivity index (χ3v) is 4.43. The first-order valence-electron chi connectivity index (χ1n) is 6.06. The zero-order chi connectivity index (χ0) is 14.8. The van der Waals surface area contributed by atoms with Crippen molar-refractivity contribution in [3.63, 3.8) is 0 Å². The van der Waals surface area contributed by atoms with E-state index in [1.165, 1.54) is 22.7 Å². The lowest BCUT2D eigenvalue weighted by atomic mass is 10.3. The summed E-state index contributed by atoms with van der Waals surface area (Å²) in [6, 6.07) is 8.44. The Morgan fingerprint density at radius 3 is 2.05 bits per heavy atom. The second kappa shape index (κ2) is 5.63. The van der Waals surface area contributed by atoms with Crippen LogP contribution in [0.1, 0.15) is 25.1 Å². The van der Waals surface area contributed by atoms with Crippen LogP contribution >= 0.6 is 22.7 Å². The standard InChI is InChI=1S/C14H10N2O3S2/c1-9-8-12(15-19-9)16(13(17)10-4-2-6-20-10)14(18)11-5-3-7-21-11/h2-8H,1H3. The van der Waals surface area contributed by atoms with Gasteiger partial charge in [-0.05, 0) is 29.8 Å². The molecule has 0 unspecified atom stereocenters. The summed E-state index contributed by atoms with van der Waals surface area (Å²) >= 11 is 2.55. The summed E-state index contributed by atoms with van der Waals surface area (Å²) in [6.45, 7) is 1.71. The fraction of sp³-hybridized carbons (Fsp3) is 0.0714. The Balaban J connectivity index is 2.03. The molecule has 3 aromatic heterocycles. The summed E-state index contributed by atoms with van der Waals surface area (Å²) in [5.41, 5.74) is 0. The van der Waals surface area contributed by atoms with Crippen molar-refractivity contribution in [1.82, 2.24) is 5.16 Å². The Hall–Kier alpha value is -2.25. The van der Waals surface area contributed by atoms with Crippen molar-refractivity contribution in [3.8, 4) is 0 Å². The molecular formula is C14H10N2O3S2. The third kappa shape index (κ3) is 2.65. The predicted molar refractivity (Wildman–Crippen MR) is 81.0 cm³/mol. The van der Waals surface area contributed by atoms with Gasteiger partial charge < -0.3 is 4.52 Å². The van der Waals surface area contributed by atoms with E-state index in [2.05, 4.69) is 5.16 Å². The van der Waals surface area contributed by atoms with E-state index >= 15 is 0 Å². The maximum absolute atomic E-state index is 12.6. The van der Waals surface area contributed by atoms with Gasteiger partial charge in [0.25, 0.3) is 11.8 Å². The van der Waals surface area contributed by atoms with Crippen LogP contribution in [0.25, 0.3) is 0 Å². The van der Waals surface area contributed by atoms with Crippen LogP contribution in [0.4, 0.5) is 5.82 Å². The normalized spacial score (nSPS) is 10.5. The Labute approximate surface area is 128 Å².